The number of halogens is 2. The van der Waals surface area contributed by atoms with E-state index in [-0.39, 0.29) is 12.4 Å². The quantitative estimate of drug-likeness (QED) is 0.209. The van der Waals surface area contributed by atoms with E-state index in [2.05, 4.69) is 40.6 Å². The van der Waals surface area contributed by atoms with Gasteiger partial charge in [0.2, 0.25) is 0 Å². The van der Waals surface area contributed by atoms with Gasteiger partial charge < -0.3 is 9.64 Å². The highest BCUT2D eigenvalue weighted by atomic mass is 35.5. The molecule has 40 heavy (non-hydrogen) atoms. The van der Waals surface area contributed by atoms with Gasteiger partial charge in [0.25, 0.3) is 0 Å². The average molecular weight is 593 g/mol. The number of thiazole rings is 1. The molecule has 208 valence electrons. The molecule has 1 aliphatic carbocycles. The number of hydrogen-bond acceptors (Lipinski definition) is 5. The zero-order valence-electron chi connectivity index (χ0n) is 22.8. The van der Waals surface area contributed by atoms with E-state index in [0.29, 0.717) is 5.41 Å². The monoisotopic (exact) mass is 591 g/mol. The highest BCUT2D eigenvalue weighted by Crippen LogP contribution is 2.46. The van der Waals surface area contributed by atoms with Gasteiger partial charge in [0, 0.05) is 40.8 Å². The second-order valence-electron chi connectivity index (χ2n) is 10.8. The molecular formula is C33H35Cl2N3OS. The molecule has 0 amide bonds. The molecule has 0 bridgehead atoms. The molecule has 1 spiro atoms. The van der Waals surface area contributed by atoms with Crippen molar-refractivity contribution in [2.75, 3.05) is 25.1 Å². The van der Waals surface area contributed by atoms with Gasteiger partial charge in [-0.05, 0) is 73.1 Å². The van der Waals surface area contributed by atoms with Gasteiger partial charge in [0.15, 0.2) is 0 Å². The largest absolute Gasteiger partial charge is 0.495 e. The molecular weight excluding hydrogens is 557 g/mol. The van der Waals surface area contributed by atoms with E-state index in [0.717, 1.165) is 56.9 Å². The Labute approximate surface area is 252 Å². The van der Waals surface area contributed by atoms with E-state index in [1.807, 2.05) is 42.6 Å². The maximum absolute atomic E-state index is 6.02. The summed E-state index contributed by atoms with van der Waals surface area (Å²) in [6.07, 6.45) is 11.6. The van der Waals surface area contributed by atoms with E-state index in [1.165, 1.54) is 50.6 Å². The lowest BCUT2D eigenvalue weighted by Crippen LogP contribution is -2.41. The predicted octanol–water partition coefficient (Wildman–Crippen LogP) is 9.86. The Hall–Kier alpha value is -2.86. The third-order valence-corrected chi connectivity index (χ3v) is 9.55. The summed E-state index contributed by atoms with van der Waals surface area (Å²) in [6, 6.07) is 22.5. The first-order chi connectivity index (χ1) is 19.1. The number of anilines is 1. The van der Waals surface area contributed by atoms with Crippen molar-refractivity contribution < 1.29 is 4.74 Å². The molecule has 0 atom stereocenters. The normalized spacial score (nSPS) is 16.7. The predicted molar refractivity (Wildman–Crippen MR) is 172 cm³/mol. The molecule has 4 nitrogen and oxygen atoms in total. The SMILES string of the molecule is COc1cc(C=Nc2ccc(-c3csc(-c4ccc(Cl)cc4)n3)cc2)ccc1N1CCC2(CCCCC2)CC1.Cl. The van der Waals surface area contributed by atoms with Crippen LogP contribution in [0.2, 0.25) is 5.02 Å². The summed E-state index contributed by atoms with van der Waals surface area (Å²) in [7, 11) is 1.77. The fourth-order valence-corrected chi connectivity index (χ4v) is 7.02. The fourth-order valence-electron chi connectivity index (χ4n) is 6.06. The Balaban J connectivity index is 0.00000323. The van der Waals surface area contributed by atoms with Crippen molar-refractivity contribution >= 4 is 52.9 Å². The number of aromatic nitrogens is 1. The Bertz CT molecular complexity index is 1430. The highest BCUT2D eigenvalue weighted by Gasteiger charge is 2.36. The van der Waals surface area contributed by atoms with E-state index in [4.69, 9.17) is 26.3 Å². The summed E-state index contributed by atoms with van der Waals surface area (Å²) < 4.78 is 5.82. The molecule has 3 aromatic carbocycles. The van der Waals surface area contributed by atoms with Gasteiger partial charge in [0.1, 0.15) is 10.8 Å². The molecule has 1 saturated carbocycles. The second-order valence-corrected chi connectivity index (χ2v) is 12.1. The Morgan fingerprint density at radius 1 is 0.900 bits per heavy atom. The van der Waals surface area contributed by atoms with Crippen molar-refractivity contribution in [1.82, 2.24) is 4.98 Å². The van der Waals surface area contributed by atoms with E-state index in [1.54, 1.807) is 18.4 Å². The van der Waals surface area contributed by atoms with Gasteiger partial charge in [-0.3, -0.25) is 4.99 Å². The number of methoxy groups -OCH3 is 1. The zero-order chi connectivity index (χ0) is 26.7. The average Bonchev–Trinajstić information content (AvgIpc) is 3.48. The molecule has 0 N–H and O–H groups in total. The highest BCUT2D eigenvalue weighted by molar-refractivity contribution is 7.13. The third-order valence-electron chi connectivity index (χ3n) is 8.40. The van der Waals surface area contributed by atoms with Gasteiger partial charge in [0.05, 0.1) is 24.2 Å². The molecule has 6 rings (SSSR count). The van der Waals surface area contributed by atoms with Crippen LogP contribution in [0.5, 0.6) is 5.75 Å². The number of rotatable bonds is 6. The molecule has 1 saturated heterocycles. The number of hydrogen-bond donors (Lipinski definition) is 0. The van der Waals surface area contributed by atoms with Crippen LogP contribution in [0, 0.1) is 5.41 Å². The number of piperidine rings is 1. The number of benzene rings is 3. The third kappa shape index (κ3) is 6.38. The van der Waals surface area contributed by atoms with Crippen LogP contribution in [0.15, 0.2) is 77.1 Å². The summed E-state index contributed by atoms with van der Waals surface area (Å²) in [5.74, 6) is 0.925. The number of nitrogens with zero attached hydrogens (tertiary/aromatic N) is 3. The second kappa shape index (κ2) is 12.8. The van der Waals surface area contributed by atoms with Crippen molar-refractivity contribution in [3.05, 3.63) is 82.7 Å². The molecule has 0 unspecified atom stereocenters. The molecule has 4 aromatic rings. The van der Waals surface area contributed by atoms with Crippen molar-refractivity contribution in [1.29, 1.82) is 0 Å². The van der Waals surface area contributed by atoms with Crippen LogP contribution in [0.1, 0.15) is 50.5 Å². The molecule has 2 heterocycles. The van der Waals surface area contributed by atoms with Gasteiger partial charge in [-0.2, -0.15) is 0 Å². The van der Waals surface area contributed by atoms with Crippen LogP contribution >= 0.6 is 35.3 Å². The van der Waals surface area contributed by atoms with E-state index in [9.17, 15) is 0 Å². The standard InChI is InChI=1S/C33H34ClN3OS.ClH/c1-38-31-21-24(5-14-30(31)37-19-17-33(18-20-37)15-3-2-4-16-33)22-35-28-12-8-25(9-13-28)29-23-39-32(36-29)26-6-10-27(34)11-7-26;/h5-14,21-23H,2-4,15-20H2,1H3;1H. The summed E-state index contributed by atoms with van der Waals surface area (Å²) in [6.45, 7) is 2.24. The van der Waals surface area contributed by atoms with Gasteiger partial charge in [-0.25, -0.2) is 4.98 Å². The fraction of sp³-hybridized carbons (Fsp3) is 0.333. The van der Waals surface area contributed by atoms with Crippen LogP contribution < -0.4 is 9.64 Å². The Morgan fingerprint density at radius 2 is 1.60 bits per heavy atom. The summed E-state index contributed by atoms with van der Waals surface area (Å²) >= 11 is 7.66. The van der Waals surface area contributed by atoms with Crippen molar-refractivity contribution in [3.8, 4) is 27.6 Å². The topological polar surface area (TPSA) is 37.7 Å². The lowest BCUT2D eigenvalue weighted by molar-refractivity contribution is 0.144. The van der Waals surface area contributed by atoms with Crippen LogP contribution in [-0.4, -0.2) is 31.4 Å². The van der Waals surface area contributed by atoms with Crippen molar-refractivity contribution in [3.63, 3.8) is 0 Å². The van der Waals surface area contributed by atoms with Gasteiger partial charge in [-0.1, -0.05) is 61.2 Å². The summed E-state index contributed by atoms with van der Waals surface area (Å²) in [4.78, 5) is 12.0. The maximum Gasteiger partial charge on any atom is 0.142 e. The van der Waals surface area contributed by atoms with E-state index >= 15 is 0 Å². The van der Waals surface area contributed by atoms with Crippen molar-refractivity contribution in [2.24, 2.45) is 10.4 Å². The number of ether oxygens (including phenoxy) is 1. The summed E-state index contributed by atoms with van der Waals surface area (Å²) in [5, 5.41) is 3.81. The van der Waals surface area contributed by atoms with E-state index < -0.39 is 0 Å². The lowest BCUT2D eigenvalue weighted by atomic mass is 9.68. The summed E-state index contributed by atoms with van der Waals surface area (Å²) in [5.41, 5.74) is 6.86. The van der Waals surface area contributed by atoms with Crippen LogP contribution in [0.25, 0.3) is 21.8 Å². The Morgan fingerprint density at radius 3 is 2.30 bits per heavy atom. The molecule has 1 aliphatic heterocycles. The molecule has 2 aliphatic rings. The molecule has 0 radical (unpaired) electrons. The molecule has 2 fully saturated rings. The first-order valence-corrected chi connectivity index (χ1v) is 15.2. The van der Waals surface area contributed by atoms with Gasteiger partial charge >= 0.3 is 0 Å². The minimum atomic E-state index is 0. The lowest BCUT2D eigenvalue weighted by Gasteiger charge is -2.45. The Kier molecular flexibility index (Phi) is 9.14. The molecule has 1 aromatic heterocycles. The maximum atomic E-state index is 6.02. The smallest absolute Gasteiger partial charge is 0.142 e. The minimum Gasteiger partial charge on any atom is -0.495 e. The first-order valence-electron chi connectivity index (χ1n) is 13.9. The van der Waals surface area contributed by atoms with Crippen LogP contribution in [0.3, 0.4) is 0 Å². The molecule has 7 heteroatoms. The zero-order valence-corrected chi connectivity index (χ0v) is 25.2. The van der Waals surface area contributed by atoms with Gasteiger partial charge in [-0.15, -0.1) is 23.7 Å². The van der Waals surface area contributed by atoms with Crippen LogP contribution in [-0.2, 0) is 0 Å². The minimum absolute atomic E-state index is 0. The van der Waals surface area contributed by atoms with Crippen LogP contribution in [0.4, 0.5) is 11.4 Å². The number of aliphatic imine (C=N–C) groups is 1. The first kappa shape index (κ1) is 28.7. The van der Waals surface area contributed by atoms with Crippen molar-refractivity contribution in [2.45, 2.75) is 44.9 Å².